The lowest BCUT2D eigenvalue weighted by molar-refractivity contribution is 0.0815. The zero-order valence-corrected chi connectivity index (χ0v) is 14.0. The normalized spacial score (nSPS) is 11.8. The number of carbonyl (C=O) groups is 1. The van der Waals surface area contributed by atoms with Crippen LogP contribution in [0.1, 0.15) is 10.4 Å². The number of nitrogens with zero attached hydrogens (tertiary/aromatic N) is 2. The quantitative estimate of drug-likeness (QED) is 0.448. The van der Waals surface area contributed by atoms with E-state index < -0.39 is 8.07 Å². The lowest BCUT2D eigenvalue weighted by atomic mass is 10.1. The van der Waals surface area contributed by atoms with E-state index in [4.69, 9.17) is 9.47 Å². The van der Waals surface area contributed by atoms with Crippen LogP contribution in [0, 0.1) is 0 Å². The van der Waals surface area contributed by atoms with Gasteiger partial charge in [0.25, 0.3) is 0 Å². The molecule has 0 aliphatic rings. The van der Waals surface area contributed by atoms with Gasteiger partial charge in [-0.3, -0.25) is 4.79 Å². The van der Waals surface area contributed by atoms with Crippen molar-refractivity contribution in [2.75, 3.05) is 13.7 Å². The van der Waals surface area contributed by atoms with Crippen LogP contribution in [0.5, 0.6) is 5.75 Å². The molecule has 1 heterocycles. The molecule has 0 N–H and O–H groups in total. The number of hydrogen-bond acceptors (Lipinski definition) is 4. The van der Waals surface area contributed by atoms with E-state index in [0.29, 0.717) is 18.0 Å². The number of aldehydes is 1. The molecule has 0 bridgehead atoms. The average Bonchev–Trinajstić information content (AvgIpc) is 2.84. The van der Waals surface area contributed by atoms with Crippen molar-refractivity contribution >= 4 is 25.3 Å². The fourth-order valence-electron chi connectivity index (χ4n) is 2.07. The number of rotatable bonds is 7. The predicted octanol–water partition coefficient (Wildman–Crippen LogP) is 3.17. The Morgan fingerprint density at radius 3 is 2.71 bits per heavy atom. The Morgan fingerprint density at radius 2 is 2.10 bits per heavy atom. The molecular weight excluding hydrogens is 284 g/mol. The van der Waals surface area contributed by atoms with Gasteiger partial charge in [0.15, 0.2) is 6.29 Å². The van der Waals surface area contributed by atoms with Gasteiger partial charge < -0.3 is 9.47 Å². The van der Waals surface area contributed by atoms with Crippen LogP contribution >= 0.6 is 0 Å². The van der Waals surface area contributed by atoms with Gasteiger partial charge in [-0.05, 0) is 18.2 Å². The maximum absolute atomic E-state index is 11.3. The van der Waals surface area contributed by atoms with Gasteiger partial charge >= 0.3 is 0 Å². The SMILES string of the molecule is COc1cc(C=O)c2c(cnn2COCC[Si](C)(C)C)c1. The summed E-state index contributed by atoms with van der Waals surface area (Å²) in [5, 5.41) is 5.18. The van der Waals surface area contributed by atoms with E-state index in [1.807, 2.05) is 6.07 Å². The Hall–Kier alpha value is -1.66. The van der Waals surface area contributed by atoms with Crippen LogP contribution in [0.3, 0.4) is 0 Å². The predicted molar refractivity (Wildman–Crippen MR) is 85.8 cm³/mol. The first-order chi connectivity index (χ1) is 9.94. The first kappa shape index (κ1) is 15.7. The van der Waals surface area contributed by atoms with Gasteiger partial charge in [0.2, 0.25) is 0 Å². The smallest absolute Gasteiger partial charge is 0.152 e. The van der Waals surface area contributed by atoms with Crippen LogP contribution < -0.4 is 4.74 Å². The summed E-state index contributed by atoms with van der Waals surface area (Å²) in [6.45, 7) is 8.04. The summed E-state index contributed by atoms with van der Waals surface area (Å²) in [6, 6.07) is 4.70. The molecule has 0 aliphatic carbocycles. The molecule has 0 saturated heterocycles. The number of methoxy groups -OCH3 is 1. The van der Waals surface area contributed by atoms with E-state index >= 15 is 0 Å². The van der Waals surface area contributed by atoms with Crippen molar-refractivity contribution < 1.29 is 14.3 Å². The minimum absolute atomic E-state index is 0.362. The lowest BCUT2D eigenvalue weighted by Crippen LogP contribution is -2.22. The minimum atomic E-state index is -1.09. The number of carbonyl (C=O) groups excluding carboxylic acids is 1. The van der Waals surface area contributed by atoms with Crippen molar-refractivity contribution in [3.05, 3.63) is 23.9 Å². The van der Waals surface area contributed by atoms with Crippen molar-refractivity contribution in [1.29, 1.82) is 0 Å². The topological polar surface area (TPSA) is 53.3 Å². The Morgan fingerprint density at radius 1 is 1.33 bits per heavy atom. The van der Waals surface area contributed by atoms with Crippen LogP contribution in [0.2, 0.25) is 25.7 Å². The zero-order valence-electron chi connectivity index (χ0n) is 13.0. The highest BCUT2D eigenvalue weighted by molar-refractivity contribution is 6.76. The molecule has 2 rings (SSSR count). The third kappa shape index (κ3) is 3.92. The second-order valence-electron chi connectivity index (χ2n) is 6.26. The molecule has 1 aromatic carbocycles. The molecular formula is C15H22N2O3Si. The molecule has 0 unspecified atom stereocenters. The highest BCUT2D eigenvalue weighted by Gasteiger charge is 2.13. The maximum Gasteiger partial charge on any atom is 0.152 e. The molecule has 6 heteroatoms. The molecule has 0 amide bonds. The minimum Gasteiger partial charge on any atom is -0.497 e. The van der Waals surface area contributed by atoms with Crippen LogP contribution in [-0.2, 0) is 11.5 Å². The summed E-state index contributed by atoms with van der Waals surface area (Å²) < 4.78 is 12.6. The molecule has 2 aromatic rings. The van der Waals surface area contributed by atoms with Crippen LogP contribution in [-0.4, -0.2) is 37.9 Å². The van der Waals surface area contributed by atoms with E-state index in [2.05, 4.69) is 24.7 Å². The van der Waals surface area contributed by atoms with E-state index in [1.54, 1.807) is 24.1 Å². The van der Waals surface area contributed by atoms with Crippen molar-refractivity contribution in [3.8, 4) is 5.75 Å². The molecule has 0 radical (unpaired) electrons. The van der Waals surface area contributed by atoms with E-state index in [9.17, 15) is 4.79 Å². The van der Waals surface area contributed by atoms with Crippen LogP contribution in [0.15, 0.2) is 18.3 Å². The Kier molecular flexibility index (Phi) is 4.79. The molecule has 0 fully saturated rings. The molecule has 0 spiro atoms. The van der Waals surface area contributed by atoms with Crippen LogP contribution in [0.25, 0.3) is 10.9 Å². The largest absolute Gasteiger partial charge is 0.497 e. The third-order valence-corrected chi connectivity index (χ3v) is 5.01. The van der Waals surface area contributed by atoms with Crippen molar-refractivity contribution in [1.82, 2.24) is 9.78 Å². The number of hydrogen-bond donors (Lipinski definition) is 0. The van der Waals surface area contributed by atoms with Crippen molar-refractivity contribution in [2.24, 2.45) is 0 Å². The molecule has 5 nitrogen and oxygen atoms in total. The lowest BCUT2D eigenvalue weighted by Gasteiger charge is -2.15. The summed E-state index contributed by atoms with van der Waals surface area (Å²) >= 11 is 0. The molecule has 114 valence electrons. The van der Waals surface area contributed by atoms with E-state index in [1.165, 1.54) is 0 Å². The van der Waals surface area contributed by atoms with Crippen molar-refractivity contribution in [3.63, 3.8) is 0 Å². The summed E-state index contributed by atoms with van der Waals surface area (Å²) in [4.78, 5) is 11.3. The summed E-state index contributed by atoms with van der Waals surface area (Å²) in [6.07, 6.45) is 2.55. The second-order valence-corrected chi connectivity index (χ2v) is 11.9. The Bertz CT molecular complexity index is 632. The van der Waals surface area contributed by atoms with Crippen molar-refractivity contribution in [2.45, 2.75) is 32.4 Å². The highest BCUT2D eigenvalue weighted by atomic mass is 28.3. The van der Waals surface area contributed by atoms with Crippen LogP contribution in [0.4, 0.5) is 0 Å². The van der Waals surface area contributed by atoms with Gasteiger partial charge in [0, 0.05) is 25.6 Å². The first-order valence-electron chi connectivity index (χ1n) is 7.01. The number of fused-ring (bicyclic) bond motifs is 1. The number of ether oxygens (including phenoxy) is 2. The first-order valence-corrected chi connectivity index (χ1v) is 10.7. The molecule has 1 aromatic heterocycles. The second kappa shape index (κ2) is 6.40. The average molecular weight is 306 g/mol. The van der Waals surface area contributed by atoms with Gasteiger partial charge in [-0.25, -0.2) is 4.68 Å². The third-order valence-electron chi connectivity index (χ3n) is 3.31. The fraction of sp³-hybridized carbons (Fsp3) is 0.467. The summed E-state index contributed by atoms with van der Waals surface area (Å²) in [5.41, 5.74) is 1.36. The standard InChI is InChI=1S/C15H22N2O3Si/c1-19-14-7-12-9-16-17(15(12)13(8-14)10-18)11-20-5-6-21(2,3)4/h7-10H,5-6,11H2,1-4H3. The number of benzene rings is 1. The molecule has 0 aliphatic heterocycles. The summed E-state index contributed by atoms with van der Waals surface area (Å²) in [5.74, 6) is 0.656. The molecule has 0 saturated carbocycles. The number of aromatic nitrogens is 2. The molecule has 21 heavy (non-hydrogen) atoms. The van der Waals surface area contributed by atoms with Gasteiger partial charge in [0.1, 0.15) is 12.5 Å². The van der Waals surface area contributed by atoms with Gasteiger partial charge in [-0.15, -0.1) is 0 Å². The van der Waals surface area contributed by atoms with Gasteiger partial charge in [0.05, 0.1) is 18.8 Å². The maximum atomic E-state index is 11.3. The van der Waals surface area contributed by atoms with Gasteiger partial charge in [-0.2, -0.15) is 5.10 Å². The van der Waals surface area contributed by atoms with E-state index in [-0.39, 0.29) is 0 Å². The fourth-order valence-corrected chi connectivity index (χ4v) is 2.83. The monoisotopic (exact) mass is 306 g/mol. The highest BCUT2D eigenvalue weighted by Crippen LogP contribution is 2.24. The Labute approximate surface area is 125 Å². The zero-order chi connectivity index (χ0) is 15.5. The van der Waals surface area contributed by atoms with E-state index in [0.717, 1.165) is 29.8 Å². The van der Waals surface area contributed by atoms with Gasteiger partial charge in [-0.1, -0.05) is 19.6 Å². The summed E-state index contributed by atoms with van der Waals surface area (Å²) in [7, 11) is 0.492. The Balaban J connectivity index is 2.16. The molecule has 0 atom stereocenters.